The first-order valence-corrected chi connectivity index (χ1v) is 9.46. The molecule has 0 radical (unpaired) electrons. The van der Waals surface area contributed by atoms with Gasteiger partial charge in [-0.25, -0.2) is 0 Å². The van der Waals surface area contributed by atoms with Crippen molar-refractivity contribution in [2.45, 2.75) is 13.8 Å². The third kappa shape index (κ3) is 5.11. The Balaban J connectivity index is 1.86. The summed E-state index contributed by atoms with van der Waals surface area (Å²) in [5, 5.41) is 17.3. The zero-order valence-electron chi connectivity index (χ0n) is 17.8. The van der Waals surface area contributed by atoms with E-state index in [4.69, 9.17) is 15.2 Å². The summed E-state index contributed by atoms with van der Waals surface area (Å²) in [6.07, 6.45) is 0.789. The van der Waals surface area contributed by atoms with Crippen LogP contribution in [0.3, 0.4) is 0 Å². The van der Waals surface area contributed by atoms with Gasteiger partial charge in [0, 0.05) is 17.7 Å². The van der Waals surface area contributed by atoms with Gasteiger partial charge in [-0.15, -0.1) is 5.11 Å². The molecule has 3 aromatic carbocycles. The second kappa shape index (κ2) is 9.62. The standard InChI is InChI=1S/C23H23N5O3/c1-14-10-20(27-28-21-12-22(30-3)18(24)11-23(21)31-4)15(2)9-19(14)26-25-17-7-5-16(13-29)6-8-17/h5-13H,24H2,1-4H3. The summed E-state index contributed by atoms with van der Waals surface area (Å²) >= 11 is 0. The molecule has 0 heterocycles. The van der Waals surface area contributed by atoms with Gasteiger partial charge in [0.2, 0.25) is 0 Å². The predicted octanol–water partition coefficient (Wildman–Crippen LogP) is 6.55. The Morgan fingerprint density at radius 2 is 1.29 bits per heavy atom. The van der Waals surface area contributed by atoms with Crippen molar-refractivity contribution in [2.24, 2.45) is 20.5 Å². The molecule has 0 aliphatic heterocycles. The number of hydrogen-bond acceptors (Lipinski definition) is 8. The van der Waals surface area contributed by atoms with Gasteiger partial charge in [-0.2, -0.15) is 15.3 Å². The average molecular weight is 417 g/mol. The summed E-state index contributed by atoms with van der Waals surface area (Å²) in [4.78, 5) is 10.7. The molecule has 0 aromatic heterocycles. The van der Waals surface area contributed by atoms with Crippen molar-refractivity contribution >= 4 is 34.7 Å². The number of methoxy groups -OCH3 is 2. The molecule has 0 saturated heterocycles. The molecule has 0 unspecified atom stereocenters. The van der Waals surface area contributed by atoms with Crippen LogP contribution in [0.5, 0.6) is 11.5 Å². The summed E-state index contributed by atoms with van der Waals surface area (Å²) in [5.41, 5.74) is 11.4. The third-order valence-corrected chi connectivity index (χ3v) is 4.61. The minimum atomic E-state index is 0.459. The minimum absolute atomic E-state index is 0.459. The van der Waals surface area contributed by atoms with Crippen molar-refractivity contribution in [2.75, 3.05) is 20.0 Å². The highest BCUT2D eigenvalue weighted by Gasteiger charge is 2.10. The SMILES string of the molecule is COc1cc(N=Nc2cc(C)c(N=Nc3ccc(C=O)cc3)cc2C)c(OC)cc1N. The molecule has 31 heavy (non-hydrogen) atoms. The number of benzene rings is 3. The van der Waals surface area contributed by atoms with Gasteiger partial charge in [0.1, 0.15) is 23.5 Å². The van der Waals surface area contributed by atoms with Crippen molar-refractivity contribution in [3.8, 4) is 11.5 Å². The Morgan fingerprint density at radius 1 is 0.742 bits per heavy atom. The molecule has 0 aliphatic carbocycles. The van der Waals surface area contributed by atoms with E-state index in [1.807, 2.05) is 26.0 Å². The first kappa shape index (κ1) is 21.6. The van der Waals surface area contributed by atoms with E-state index in [0.717, 1.165) is 23.1 Å². The number of anilines is 1. The molecule has 0 fully saturated rings. The first-order valence-electron chi connectivity index (χ1n) is 9.46. The lowest BCUT2D eigenvalue weighted by atomic mass is 10.1. The number of carbonyl (C=O) groups is 1. The fourth-order valence-corrected chi connectivity index (χ4v) is 2.82. The summed E-state index contributed by atoms with van der Waals surface area (Å²) in [7, 11) is 3.08. The minimum Gasteiger partial charge on any atom is -0.495 e. The van der Waals surface area contributed by atoms with Crippen LogP contribution in [0.15, 0.2) is 69.0 Å². The molecule has 0 bridgehead atoms. The van der Waals surface area contributed by atoms with Crippen LogP contribution in [0.4, 0.5) is 28.4 Å². The van der Waals surface area contributed by atoms with Crippen LogP contribution >= 0.6 is 0 Å². The van der Waals surface area contributed by atoms with Crippen LogP contribution in [0.1, 0.15) is 21.5 Å². The smallest absolute Gasteiger partial charge is 0.150 e. The lowest BCUT2D eigenvalue weighted by Gasteiger charge is -2.09. The van der Waals surface area contributed by atoms with Crippen molar-refractivity contribution in [1.82, 2.24) is 0 Å². The van der Waals surface area contributed by atoms with E-state index in [9.17, 15) is 4.79 Å². The average Bonchev–Trinajstić information content (AvgIpc) is 2.79. The Morgan fingerprint density at radius 3 is 1.84 bits per heavy atom. The highest BCUT2D eigenvalue weighted by molar-refractivity contribution is 5.75. The van der Waals surface area contributed by atoms with Gasteiger partial charge < -0.3 is 15.2 Å². The zero-order valence-corrected chi connectivity index (χ0v) is 17.8. The fraction of sp³-hybridized carbons (Fsp3) is 0.174. The number of rotatable bonds is 7. The summed E-state index contributed by atoms with van der Waals surface area (Å²) in [6.45, 7) is 3.85. The molecule has 3 rings (SSSR count). The lowest BCUT2D eigenvalue weighted by Crippen LogP contribution is -1.93. The quantitative estimate of drug-likeness (QED) is 0.267. The highest BCUT2D eigenvalue weighted by atomic mass is 16.5. The van der Waals surface area contributed by atoms with Crippen molar-refractivity contribution in [1.29, 1.82) is 0 Å². The van der Waals surface area contributed by atoms with E-state index >= 15 is 0 Å². The van der Waals surface area contributed by atoms with Gasteiger partial charge >= 0.3 is 0 Å². The number of hydrogen-bond donors (Lipinski definition) is 1. The van der Waals surface area contributed by atoms with Crippen LogP contribution < -0.4 is 15.2 Å². The third-order valence-electron chi connectivity index (χ3n) is 4.61. The van der Waals surface area contributed by atoms with E-state index < -0.39 is 0 Å². The number of nitrogens with zero attached hydrogens (tertiary/aromatic N) is 4. The summed E-state index contributed by atoms with van der Waals surface area (Å²) in [5.74, 6) is 1.00. The number of aryl methyl sites for hydroxylation is 2. The molecule has 0 atom stereocenters. The number of carbonyl (C=O) groups excluding carboxylic acids is 1. The van der Waals surface area contributed by atoms with Crippen LogP contribution in [0, 0.1) is 13.8 Å². The maximum Gasteiger partial charge on any atom is 0.150 e. The molecule has 0 aliphatic rings. The van der Waals surface area contributed by atoms with Gasteiger partial charge in [0.05, 0.1) is 37.0 Å². The topological polar surface area (TPSA) is 111 Å². The second-order valence-electron chi connectivity index (χ2n) is 6.80. The van der Waals surface area contributed by atoms with Crippen molar-refractivity contribution in [3.63, 3.8) is 0 Å². The summed E-state index contributed by atoms with van der Waals surface area (Å²) < 4.78 is 10.6. The van der Waals surface area contributed by atoms with Crippen LogP contribution in [0.2, 0.25) is 0 Å². The molecule has 3 aromatic rings. The number of azo groups is 2. The first-order chi connectivity index (χ1) is 14.9. The Bertz CT molecular complexity index is 1150. The van der Waals surface area contributed by atoms with Crippen molar-refractivity contribution < 1.29 is 14.3 Å². The Labute approximate surface area is 180 Å². The number of nitrogens with two attached hydrogens (primary N) is 1. The lowest BCUT2D eigenvalue weighted by molar-refractivity contribution is 0.112. The normalized spacial score (nSPS) is 11.2. The molecule has 0 amide bonds. The largest absolute Gasteiger partial charge is 0.495 e. The van der Waals surface area contributed by atoms with E-state index in [0.29, 0.717) is 39.8 Å². The van der Waals surface area contributed by atoms with Crippen LogP contribution in [-0.2, 0) is 0 Å². The van der Waals surface area contributed by atoms with E-state index in [-0.39, 0.29) is 0 Å². The van der Waals surface area contributed by atoms with Gasteiger partial charge in [0.25, 0.3) is 0 Å². The highest BCUT2D eigenvalue weighted by Crippen LogP contribution is 2.38. The maximum atomic E-state index is 10.7. The Hall–Kier alpha value is -4.07. The van der Waals surface area contributed by atoms with Gasteiger partial charge in [0.15, 0.2) is 0 Å². The zero-order chi connectivity index (χ0) is 22.4. The van der Waals surface area contributed by atoms with Gasteiger partial charge in [-0.3, -0.25) is 4.79 Å². The molecule has 0 spiro atoms. The second-order valence-corrected chi connectivity index (χ2v) is 6.80. The van der Waals surface area contributed by atoms with E-state index in [2.05, 4.69) is 20.5 Å². The van der Waals surface area contributed by atoms with Crippen LogP contribution in [-0.4, -0.2) is 20.5 Å². The predicted molar refractivity (Wildman–Crippen MR) is 120 cm³/mol. The van der Waals surface area contributed by atoms with E-state index in [1.54, 1.807) is 43.5 Å². The van der Waals surface area contributed by atoms with Gasteiger partial charge in [-0.1, -0.05) is 0 Å². The van der Waals surface area contributed by atoms with Gasteiger partial charge in [-0.05, 0) is 61.4 Å². The molecule has 2 N–H and O–H groups in total. The number of nitrogen functional groups attached to an aromatic ring is 1. The van der Waals surface area contributed by atoms with Crippen molar-refractivity contribution in [3.05, 3.63) is 65.2 Å². The molecule has 158 valence electrons. The molecular weight excluding hydrogens is 394 g/mol. The number of ether oxygens (including phenoxy) is 2. The maximum absolute atomic E-state index is 10.7. The fourth-order valence-electron chi connectivity index (χ4n) is 2.82. The molecule has 8 heteroatoms. The molecule has 8 nitrogen and oxygen atoms in total. The Kier molecular flexibility index (Phi) is 6.71. The molecular formula is C23H23N5O3. The molecule has 0 saturated carbocycles. The summed E-state index contributed by atoms with van der Waals surface area (Å²) in [6, 6.07) is 14.0. The van der Waals surface area contributed by atoms with E-state index in [1.165, 1.54) is 7.11 Å². The van der Waals surface area contributed by atoms with Crippen LogP contribution in [0.25, 0.3) is 0 Å². The number of aldehydes is 1. The monoisotopic (exact) mass is 417 g/mol.